The fourth-order valence-corrected chi connectivity index (χ4v) is 3.45. The van der Waals surface area contributed by atoms with Crippen molar-refractivity contribution in [3.05, 3.63) is 65.7 Å². The Bertz CT molecular complexity index is 880. The predicted octanol–water partition coefficient (Wildman–Crippen LogP) is 3.21. The van der Waals surface area contributed by atoms with Crippen LogP contribution in [0.25, 0.3) is 0 Å². The van der Waals surface area contributed by atoms with E-state index < -0.39 is 23.9 Å². The van der Waals surface area contributed by atoms with Gasteiger partial charge in [-0.3, -0.25) is 14.4 Å². The Morgan fingerprint density at radius 3 is 2.47 bits per heavy atom. The van der Waals surface area contributed by atoms with Crippen LogP contribution < -0.4 is 5.32 Å². The molecular formula is C24H28N2O4. The molecule has 2 amide bonds. The molecule has 1 heterocycles. The highest BCUT2D eigenvalue weighted by molar-refractivity contribution is 5.95. The SMILES string of the molecule is CCc1ccc(NC(=O)[C@@H](C)OC(=O)[C@@H]2CC(=O)N(CCc3ccccc3)C2)cc1. The second-order valence-corrected chi connectivity index (χ2v) is 7.60. The zero-order chi connectivity index (χ0) is 21.5. The van der Waals surface area contributed by atoms with Gasteiger partial charge in [0.05, 0.1) is 5.92 Å². The zero-order valence-electron chi connectivity index (χ0n) is 17.5. The molecule has 1 aliphatic rings. The number of amides is 2. The smallest absolute Gasteiger partial charge is 0.312 e. The van der Waals surface area contributed by atoms with E-state index in [4.69, 9.17) is 4.74 Å². The van der Waals surface area contributed by atoms with Crippen molar-refractivity contribution in [2.24, 2.45) is 5.92 Å². The molecule has 158 valence electrons. The van der Waals surface area contributed by atoms with Crippen LogP contribution in [-0.4, -0.2) is 41.9 Å². The van der Waals surface area contributed by atoms with Gasteiger partial charge in [-0.15, -0.1) is 0 Å². The molecule has 1 N–H and O–H groups in total. The minimum absolute atomic E-state index is 0.0546. The van der Waals surface area contributed by atoms with Crippen molar-refractivity contribution in [3.8, 4) is 0 Å². The summed E-state index contributed by atoms with van der Waals surface area (Å²) in [6, 6.07) is 17.5. The Kier molecular flexibility index (Phi) is 7.22. The summed E-state index contributed by atoms with van der Waals surface area (Å²) >= 11 is 0. The van der Waals surface area contributed by atoms with Crippen molar-refractivity contribution in [1.82, 2.24) is 4.90 Å². The van der Waals surface area contributed by atoms with Gasteiger partial charge in [-0.25, -0.2) is 0 Å². The highest BCUT2D eigenvalue weighted by Crippen LogP contribution is 2.21. The summed E-state index contributed by atoms with van der Waals surface area (Å²) in [4.78, 5) is 38.8. The second kappa shape index (κ2) is 10.1. The number of likely N-dealkylation sites (tertiary alicyclic amines) is 1. The number of benzene rings is 2. The Balaban J connectivity index is 1.47. The Morgan fingerprint density at radius 1 is 1.10 bits per heavy atom. The van der Waals surface area contributed by atoms with Gasteiger partial charge in [0.25, 0.3) is 5.91 Å². The Hall–Kier alpha value is -3.15. The van der Waals surface area contributed by atoms with Crippen LogP contribution in [-0.2, 0) is 32.0 Å². The van der Waals surface area contributed by atoms with Gasteiger partial charge in [-0.1, -0.05) is 49.4 Å². The molecule has 30 heavy (non-hydrogen) atoms. The van der Waals surface area contributed by atoms with Crippen molar-refractivity contribution in [1.29, 1.82) is 0 Å². The summed E-state index contributed by atoms with van der Waals surface area (Å²) < 4.78 is 5.34. The maximum atomic E-state index is 12.5. The zero-order valence-corrected chi connectivity index (χ0v) is 17.5. The van der Waals surface area contributed by atoms with Crippen LogP contribution in [0.2, 0.25) is 0 Å². The highest BCUT2D eigenvalue weighted by atomic mass is 16.5. The van der Waals surface area contributed by atoms with E-state index in [9.17, 15) is 14.4 Å². The van der Waals surface area contributed by atoms with E-state index >= 15 is 0 Å². The summed E-state index contributed by atoms with van der Waals surface area (Å²) in [5.41, 5.74) is 2.98. The van der Waals surface area contributed by atoms with Gasteiger partial charge in [-0.05, 0) is 43.0 Å². The number of carbonyl (C=O) groups excluding carboxylic acids is 3. The Morgan fingerprint density at radius 2 is 1.80 bits per heavy atom. The summed E-state index contributed by atoms with van der Waals surface area (Å²) in [5.74, 6) is -1.49. The van der Waals surface area contributed by atoms with Gasteiger partial charge in [0.15, 0.2) is 6.10 Å². The number of anilines is 1. The number of ether oxygens (including phenoxy) is 1. The molecule has 3 rings (SSSR count). The molecule has 0 spiro atoms. The summed E-state index contributed by atoms with van der Waals surface area (Å²) in [6.07, 6.45) is 0.853. The number of hydrogen-bond acceptors (Lipinski definition) is 4. The minimum Gasteiger partial charge on any atom is -0.452 e. The second-order valence-electron chi connectivity index (χ2n) is 7.60. The molecule has 0 radical (unpaired) electrons. The van der Waals surface area contributed by atoms with Gasteiger partial charge in [0, 0.05) is 25.2 Å². The van der Waals surface area contributed by atoms with E-state index in [1.54, 1.807) is 4.90 Å². The molecule has 2 aromatic rings. The Labute approximate surface area is 177 Å². The lowest BCUT2D eigenvalue weighted by Crippen LogP contribution is -2.33. The number of esters is 1. The molecule has 0 aromatic heterocycles. The number of carbonyl (C=O) groups is 3. The quantitative estimate of drug-likeness (QED) is 0.681. The van der Waals surface area contributed by atoms with Gasteiger partial charge in [0.1, 0.15) is 0 Å². The maximum absolute atomic E-state index is 12.5. The lowest BCUT2D eigenvalue weighted by Gasteiger charge is -2.18. The molecular weight excluding hydrogens is 380 g/mol. The first-order chi connectivity index (χ1) is 14.5. The molecule has 1 aliphatic heterocycles. The molecule has 0 saturated carbocycles. The molecule has 1 saturated heterocycles. The fourth-order valence-electron chi connectivity index (χ4n) is 3.45. The molecule has 0 unspecified atom stereocenters. The van der Waals surface area contributed by atoms with Crippen LogP contribution in [0.4, 0.5) is 5.69 Å². The average Bonchev–Trinajstić information content (AvgIpc) is 3.14. The van der Waals surface area contributed by atoms with Crippen LogP contribution in [0.1, 0.15) is 31.4 Å². The third-order valence-electron chi connectivity index (χ3n) is 5.35. The largest absolute Gasteiger partial charge is 0.452 e. The minimum atomic E-state index is -0.933. The van der Waals surface area contributed by atoms with Crippen molar-refractivity contribution < 1.29 is 19.1 Å². The summed E-state index contributed by atoms with van der Waals surface area (Å²) in [5, 5.41) is 2.75. The lowest BCUT2D eigenvalue weighted by atomic mass is 10.1. The fraction of sp³-hybridized carbons (Fsp3) is 0.375. The van der Waals surface area contributed by atoms with Crippen LogP contribution in [0.3, 0.4) is 0 Å². The lowest BCUT2D eigenvalue weighted by molar-refractivity contribution is -0.157. The van der Waals surface area contributed by atoms with Gasteiger partial charge in [-0.2, -0.15) is 0 Å². The number of nitrogens with zero attached hydrogens (tertiary/aromatic N) is 1. The molecule has 0 bridgehead atoms. The first-order valence-corrected chi connectivity index (χ1v) is 10.4. The van der Waals surface area contributed by atoms with Crippen LogP contribution in [0.5, 0.6) is 0 Å². The standard InChI is InChI=1S/C24H28N2O4/c1-3-18-9-11-21(12-10-18)25-23(28)17(2)30-24(29)20-15-22(27)26(16-20)14-13-19-7-5-4-6-8-19/h4-12,17,20H,3,13-16H2,1-2H3,(H,25,28)/t17-,20-/m1/s1. The summed E-state index contributed by atoms with van der Waals surface area (Å²) in [6.45, 7) is 4.50. The average molecular weight is 408 g/mol. The number of hydrogen-bond donors (Lipinski definition) is 1. The predicted molar refractivity (Wildman–Crippen MR) is 115 cm³/mol. The van der Waals surface area contributed by atoms with E-state index in [-0.39, 0.29) is 12.3 Å². The van der Waals surface area contributed by atoms with Crippen molar-refractivity contribution in [3.63, 3.8) is 0 Å². The topological polar surface area (TPSA) is 75.7 Å². The third kappa shape index (κ3) is 5.69. The van der Waals surface area contributed by atoms with E-state index in [2.05, 4.69) is 12.2 Å². The molecule has 6 nitrogen and oxygen atoms in total. The van der Waals surface area contributed by atoms with Crippen molar-refractivity contribution >= 4 is 23.5 Å². The van der Waals surface area contributed by atoms with Crippen molar-refractivity contribution in [2.75, 3.05) is 18.4 Å². The maximum Gasteiger partial charge on any atom is 0.312 e. The first kappa shape index (κ1) is 21.6. The van der Waals surface area contributed by atoms with E-state index in [0.717, 1.165) is 18.4 Å². The van der Waals surface area contributed by atoms with E-state index in [1.165, 1.54) is 12.5 Å². The molecule has 2 aromatic carbocycles. The molecule has 1 fully saturated rings. The number of rotatable bonds is 8. The van der Waals surface area contributed by atoms with Gasteiger partial charge in [0.2, 0.25) is 5.91 Å². The van der Waals surface area contributed by atoms with Crippen LogP contribution >= 0.6 is 0 Å². The van der Waals surface area contributed by atoms with E-state index in [1.807, 2.05) is 54.6 Å². The normalized spacial score (nSPS) is 16.9. The number of aryl methyl sites for hydroxylation is 1. The monoisotopic (exact) mass is 408 g/mol. The molecule has 0 aliphatic carbocycles. The van der Waals surface area contributed by atoms with Gasteiger partial charge < -0.3 is 15.0 Å². The third-order valence-corrected chi connectivity index (χ3v) is 5.35. The number of nitrogens with one attached hydrogen (secondary N) is 1. The van der Waals surface area contributed by atoms with Gasteiger partial charge >= 0.3 is 5.97 Å². The molecule has 2 atom stereocenters. The van der Waals surface area contributed by atoms with Crippen LogP contribution in [0.15, 0.2) is 54.6 Å². The molecule has 6 heteroatoms. The van der Waals surface area contributed by atoms with Crippen molar-refractivity contribution in [2.45, 2.75) is 39.2 Å². The highest BCUT2D eigenvalue weighted by Gasteiger charge is 2.36. The van der Waals surface area contributed by atoms with E-state index in [0.29, 0.717) is 18.8 Å². The van der Waals surface area contributed by atoms with Crippen LogP contribution in [0, 0.1) is 5.92 Å². The first-order valence-electron chi connectivity index (χ1n) is 10.4. The summed E-state index contributed by atoms with van der Waals surface area (Å²) in [7, 11) is 0.